The highest BCUT2D eigenvalue weighted by Gasteiger charge is 2.43. The zero-order valence-electron chi connectivity index (χ0n) is 17.9. The summed E-state index contributed by atoms with van der Waals surface area (Å²) >= 11 is 37.1. The normalized spacial score (nSPS) is 17.2. The SMILES string of the molecule is COc1ccccc1/C=C/C1=NC(C(Cl)(Cl)Cl)=NC(C(Cl)(Cl)Cl)N1/C=C/c1ccccc1OC. The van der Waals surface area contributed by atoms with E-state index in [4.69, 9.17) is 79.1 Å². The number of hydrogen-bond donors (Lipinski definition) is 0. The predicted molar refractivity (Wildman–Crippen MR) is 145 cm³/mol. The van der Waals surface area contributed by atoms with Gasteiger partial charge in [-0.1, -0.05) is 106 Å². The molecule has 0 amide bonds. The van der Waals surface area contributed by atoms with Gasteiger partial charge in [-0.05, 0) is 30.4 Å². The van der Waals surface area contributed by atoms with E-state index in [0.29, 0.717) is 17.3 Å². The van der Waals surface area contributed by atoms with Crippen molar-refractivity contribution >= 4 is 93.4 Å². The van der Waals surface area contributed by atoms with Crippen LogP contribution in [-0.2, 0) is 0 Å². The predicted octanol–water partition coefficient (Wildman–Crippen LogP) is 7.57. The minimum Gasteiger partial charge on any atom is -0.496 e. The van der Waals surface area contributed by atoms with E-state index in [-0.39, 0.29) is 5.84 Å². The number of ether oxygens (including phenoxy) is 2. The van der Waals surface area contributed by atoms with Gasteiger partial charge in [0, 0.05) is 17.3 Å². The zero-order chi connectivity index (χ0) is 24.9. The van der Waals surface area contributed by atoms with E-state index >= 15 is 0 Å². The monoisotopic (exact) mass is 579 g/mol. The molecule has 0 fully saturated rings. The summed E-state index contributed by atoms with van der Waals surface area (Å²) in [5, 5.41) is 0. The third-order valence-electron chi connectivity index (χ3n) is 4.64. The molecule has 180 valence electrons. The smallest absolute Gasteiger partial charge is 0.249 e. The molecule has 1 unspecified atom stereocenters. The standard InChI is InChI=1S/C23H19Cl6N3O2/c1-33-17-9-5-3-7-15(17)11-12-19-30-20(22(24,25)26)31-21(23(27,28)29)32(19)14-13-16-8-4-6-10-18(16)34-2/h3-14,21H,1-2H3/b12-11+,14-13+. The number of rotatable bonds is 6. The molecule has 0 N–H and O–H groups in total. The molecular formula is C23H19Cl6N3O2. The molecule has 0 aliphatic carbocycles. The number of methoxy groups -OCH3 is 2. The van der Waals surface area contributed by atoms with Gasteiger partial charge in [0.1, 0.15) is 17.3 Å². The second-order valence-electron chi connectivity index (χ2n) is 6.88. The Labute approximate surface area is 228 Å². The number of amidine groups is 2. The second-order valence-corrected chi connectivity index (χ2v) is 11.5. The molecule has 2 aromatic rings. The van der Waals surface area contributed by atoms with Gasteiger partial charge in [-0.2, -0.15) is 0 Å². The van der Waals surface area contributed by atoms with Crippen molar-refractivity contribution in [3.63, 3.8) is 0 Å². The Morgan fingerprint density at radius 1 is 0.794 bits per heavy atom. The molecule has 11 heteroatoms. The lowest BCUT2D eigenvalue weighted by Gasteiger charge is -2.36. The Balaban J connectivity index is 2.11. The van der Waals surface area contributed by atoms with Crippen molar-refractivity contribution in [3.05, 3.63) is 71.9 Å². The first-order valence-corrected chi connectivity index (χ1v) is 12.0. The van der Waals surface area contributed by atoms with Crippen molar-refractivity contribution < 1.29 is 9.47 Å². The molecule has 0 spiro atoms. The van der Waals surface area contributed by atoms with Crippen LogP contribution in [0.3, 0.4) is 0 Å². The van der Waals surface area contributed by atoms with E-state index in [1.165, 1.54) is 0 Å². The van der Waals surface area contributed by atoms with E-state index in [1.54, 1.807) is 43.5 Å². The zero-order valence-corrected chi connectivity index (χ0v) is 22.5. The molecule has 34 heavy (non-hydrogen) atoms. The molecule has 0 radical (unpaired) electrons. The van der Waals surface area contributed by atoms with Gasteiger partial charge in [-0.25, -0.2) is 9.98 Å². The Morgan fingerprint density at radius 2 is 1.32 bits per heavy atom. The molecule has 1 heterocycles. The number of nitrogens with zero attached hydrogens (tertiary/aromatic N) is 3. The lowest BCUT2D eigenvalue weighted by atomic mass is 10.1. The summed E-state index contributed by atoms with van der Waals surface area (Å²) < 4.78 is 7.01. The van der Waals surface area contributed by atoms with Gasteiger partial charge in [0.2, 0.25) is 7.59 Å². The maximum Gasteiger partial charge on any atom is 0.249 e. The van der Waals surface area contributed by atoms with Crippen LogP contribution in [0.15, 0.2) is 70.8 Å². The van der Waals surface area contributed by atoms with Crippen molar-refractivity contribution in [2.75, 3.05) is 14.2 Å². The van der Waals surface area contributed by atoms with Crippen LogP contribution in [0.5, 0.6) is 11.5 Å². The largest absolute Gasteiger partial charge is 0.496 e. The van der Waals surface area contributed by atoms with Crippen LogP contribution < -0.4 is 9.47 Å². The fourth-order valence-corrected chi connectivity index (χ4v) is 3.82. The van der Waals surface area contributed by atoms with Crippen LogP contribution >= 0.6 is 69.6 Å². The Hall–Kier alpha value is -1.60. The molecule has 1 atom stereocenters. The van der Waals surface area contributed by atoms with Crippen LogP contribution in [0, 0.1) is 0 Å². The second kappa shape index (κ2) is 11.4. The minimum atomic E-state index is -1.93. The quantitative estimate of drug-likeness (QED) is 0.331. The maximum absolute atomic E-state index is 6.29. The molecule has 0 saturated carbocycles. The van der Waals surface area contributed by atoms with Gasteiger partial charge < -0.3 is 14.4 Å². The lowest BCUT2D eigenvalue weighted by molar-refractivity contribution is 0.410. The van der Waals surface area contributed by atoms with Crippen molar-refractivity contribution in [1.29, 1.82) is 0 Å². The fraction of sp³-hybridized carbons (Fsp3) is 0.217. The van der Waals surface area contributed by atoms with Crippen LogP contribution in [-0.4, -0.2) is 44.5 Å². The van der Waals surface area contributed by atoms with Crippen LogP contribution in [0.2, 0.25) is 0 Å². The number of halogens is 6. The van der Waals surface area contributed by atoms with Crippen LogP contribution in [0.1, 0.15) is 11.1 Å². The molecule has 1 aliphatic rings. The molecule has 0 aromatic heterocycles. The van der Waals surface area contributed by atoms with Gasteiger partial charge in [0.25, 0.3) is 0 Å². The number of benzene rings is 2. The van der Waals surface area contributed by atoms with Crippen molar-refractivity contribution in [2.24, 2.45) is 9.98 Å². The van der Waals surface area contributed by atoms with Crippen molar-refractivity contribution in [1.82, 2.24) is 4.90 Å². The van der Waals surface area contributed by atoms with E-state index in [1.807, 2.05) is 48.5 Å². The molecule has 5 nitrogen and oxygen atoms in total. The summed E-state index contributed by atoms with van der Waals surface area (Å²) in [6.07, 6.45) is 5.86. The van der Waals surface area contributed by atoms with Crippen LogP contribution in [0.25, 0.3) is 12.2 Å². The van der Waals surface area contributed by atoms with Crippen LogP contribution in [0.4, 0.5) is 0 Å². The number of hydrogen-bond acceptors (Lipinski definition) is 5. The fourth-order valence-electron chi connectivity index (χ4n) is 3.08. The van der Waals surface area contributed by atoms with Gasteiger partial charge >= 0.3 is 0 Å². The van der Waals surface area contributed by atoms with Gasteiger partial charge in [0.15, 0.2) is 12.0 Å². The molecule has 0 saturated heterocycles. The highest BCUT2D eigenvalue weighted by Crippen LogP contribution is 2.39. The summed E-state index contributed by atoms with van der Waals surface area (Å²) in [6.45, 7) is 0. The third-order valence-corrected chi connectivity index (χ3v) is 5.74. The first kappa shape index (κ1) is 27.0. The summed E-state index contributed by atoms with van der Waals surface area (Å²) in [5.41, 5.74) is 1.59. The Morgan fingerprint density at radius 3 is 1.82 bits per heavy atom. The Bertz CT molecular complexity index is 1140. The average molecular weight is 582 g/mol. The summed E-state index contributed by atoms with van der Waals surface area (Å²) in [6, 6.07) is 14.9. The van der Waals surface area contributed by atoms with Gasteiger partial charge in [-0.15, -0.1) is 0 Å². The topological polar surface area (TPSA) is 46.4 Å². The van der Waals surface area contributed by atoms with E-state index in [0.717, 1.165) is 11.1 Å². The highest BCUT2D eigenvalue weighted by atomic mass is 35.6. The highest BCUT2D eigenvalue weighted by molar-refractivity contribution is 6.77. The first-order chi connectivity index (χ1) is 16.0. The maximum atomic E-state index is 6.29. The van der Waals surface area contributed by atoms with Crippen molar-refractivity contribution in [2.45, 2.75) is 13.8 Å². The summed E-state index contributed by atoms with van der Waals surface area (Å²) in [7, 11) is 3.16. The average Bonchev–Trinajstić information content (AvgIpc) is 2.80. The molecule has 2 aromatic carbocycles. The van der Waals surface area contributed by atoms with E-state index in [2.05, 4.69) is 9.98 Å². The van der Waals surface area contributed by atoms with Gasteiger partial charge in [-0.3, -0.25) is 0 Å². The first-order valence-electron chi connectivity index (χ1n) is 9.75. The number of para-hydroxylation sites is 2. The third kappa shape index (κ3) is 6.75. The number of aliphatic imine (C=N–C) groups is 2. The minimum absolute atomic E-state index is 0.115. The summed E-state index contributed by atoms with van der Waals surface area (Å²) in [5.74, 6) is 1.54. The lowest BCUT2D eigenvalue weighted by Crippen LogP contribution is -2.47. The molecule has 0 bridgehead atoms. The van der Waals surface area contributed by atoms with Crippen molar-refractivity contribution in [3.8, 4) is 11.5 Å². The Kier molecular flexibility index (Phi) is 9.07. The molecule has 3 rings (SSSR count). The van der Waals surface area contributed by atoms with E-state index in [9.17, 15) is 0 Å². The molecular weight excluding hydrogens is 563 g/mol. The number of alkyl halides is 6. The summed E-state index contributed by atoms with van der Waals surface area (Å²) in [4.78, 5) is 10.3. The van der Waals surface area contributed by atoms with Gasteiger partial charge in [0.05, 0.1) is 14.2 Å². The van der Waals surface area contributed by atoms with E-state index < -0.39 is 13.8 Å². The molecule has 1 aliphatic heterocycles.